The third kappa shape index (κ3) is 2.99. The highest BCUT2D eigenvalue weighted by atomic mass is 32.1. The minimum Gasteiger partial charge on any atom is -0.307 e. The van der Waals surface area contributed by atoms with Crippen molar-refractivity contribution in [1.29, 1.82) is 0 Å². The normalized spacial score (nSPS) is 24.5. The molecule has 0 radical (unpaired) electrons. The van der Waals surface area contributed by atoms with Crippen LogP contribution in [0.2, 0.25) is 0 Å². The second-order valence-electron chi connectivity index (χ2n) is 6.45. The summed E-state index contributed by atoms with van der Waals surface area (Å²) in [5, 5.41) is 5.53. The zero-order valence-electron chi connectivity index (χ0n) is 13.2. The zero-order valence-corrected chi connectivity index (χ0v) is 14.0. The van der Waals surface area contributed by atoms with Crippen LogP contribution in [0.1, 0.15) is 34.9 Å². The Kier molecular flexibility index (Phi) is 4.29. The van der Waals surface area contributed by atoms with Crippen molar-refractivity contribution in [1.82, 2.24) is 10.2 Å². The van der Waals surface area contributed by atoms with E-state index >= 15 is 0 Å². The predicted octanol–water partition coefficient (Wildman–Crippen LogP) is 3.02. The molecule has 4 heteroatoms. The van der Waals surface area contributed by atoms with E-state index in [-0.39, 0.29) is 12.1 Å². The molecule has 2 unspecified atom stereocenters. The van der Waals surface area contributed by atoms with E-state index in [0.717, 1.165) is 32.4 Å². The van der Waals surface area contributed by atoms with Crippen molar-refractivity contribution in [3.8, 4) is 0 Å². The number of thiophene rings is 1. The fraction of sp³-hybridized carbons (Fsp3) is 0.421. The Labute approximate surface area is 141 Å². The van der Waals surface area contributed by atoms with Crippen molar-refractivity contribution in [2.45, 2.75) is 31.3 Å². The molecular formula is C19H22N2OS. The molecule has 3 heterocycles. The quantitative estimate of drug-likeness (QED) is 0.937. The number of nitrogens with one attached hydrogen (secondary N) is 1. The molecule has 1 saturated heterocycles. The lowest BCUT2D eigenvalue weighted by atomic mass is 9.92. The number of fused-ring (bicyclic) bond motifs is 1. The summed E-state index contributed by atoms with van der Waals surface area (Å²) in [4.78, 5) is 16.5. The van der Waals surface area contributed by atoms with E-state index in [0.29, 0.717) is 12.3 Å². The van der Waals surface area contributed by atoms with Crippen molar-refractivity contribution < 1.29 is 4.79 Å². The highest BCUT2D eigenvalue weighted by Gasteiger charge is 2.32. The Bertz CT molecular complexity index is 676. The van der Waals surface area contributed by atoms with Crippen molar-refractivity contribution >= 4 is 17.1 Å². The van der Waals surface area contributed by atoms with Crippen LogP contribution in [0.3, 0.4) is 0 Å². The number of Topliss-reactive ketones (excluding diaryl/α,β-unsaturated/α-hetero) is 1. The van der Waals surface area contributed by atoms with Crippen LogP contribution < -0.4 is 5.32 Å². The summed E-state index contributed by atoms with van der Waals surface area (Å²) in [6, 6.07) is 13.1. The second-order valence-corrected chi connectivity index (χ2v) is 7.45. The Morgan fingerprint density at radius 1 is 1.26 bits per heavy atom. The summed E-state index contributed by atoms with van der Waals surface area (Å²) in [6.07, 6.45) is 3.17. The topological polar surface area (TPSA) is 32.3 Å². The summed E-state index contributed by atoms with van der Waals surface area (Å²) in [5.41, 5.74) is 2.68. The molecular weight excluding hydrogens is 304 g/mol. The minimum atomic E-state index is 0.0651. The van der Waals surface area contributed by atoms with Gasteiger partial charge in [0.2, 0.25) is 0 Å². The first-order chi connectivity index (χ1) is 11.3. The van der Waals surface area contributed by atoms with Gasteiger partial charge in [-0.2, -0.15) is 0 Å². The van der Waals surface area contributed by atoms with Gasteiger partial charge in [-0.3, -0.25) is 9.69 Å². The van der Waals surface area contributed by atoms with E-state index in [1.54, 1.807) is 0 Å². The third-order valence-electron chi connectivity index (χ3n) is 4.99. The lowest BCUT2D eigenvalue weighted by Gasteiger charge is -2.36. The first kappa shape index (κ1) is 15.1. The van der Waals surface area contributed by atoms with Crippen LogP contribution in [0.25, 0.3) is 0 Å². The molecule has 0 spiro atoms. The van der Waals surface area contributed by atoms with Gasteiger partial charge in [0.25, 0.3) is 0 Å². The molecule has 0 amide bonds. The summed E-state index contributed by atoms with van der Waals surface area (Å²) < 4.78 is 0. The van der Waals surface area contributed by atoms with E-state index < -0.39 is 0 Å². The maximum absolute atomic E-state index is 12.6. The second kappa shape index (κ2) is 6.56. The minimum absolute atomic E-state index is 0.0651. The summed E-state index contributed by atoms with van der Waals surface area (Å²) in [5.74, 6) is 0.349. The maximum Gasteiger partial charge on any atom is 0.163 e. The standard InChI is InChI=1S/C19H22N2OS/c22-17(16-7-4-10-20-16)13-21-11-8-18-15(9-12-23-18)19(21)14-5-2-1-3-6-14/h1-3,5-6,9,12,16,19-20H,4,7-8,10-11,13H2. The molecule has 1 aromatic carbocycles. The first-order valence-corrected chi connectivity index (χ1v) is 9.32. The van der Waals surface area contributed by atoms with Gasteiger partial charge in [0.1, 0.15) is 0 Å². The molecule has 1 N–H and O–H groups in total. The van der Waals surface area contributed by atoms with Crippen LogP contribution in [0.5, 0.6) is 0 Å². The van der Waals surface area contributed by atoms with Crippen LogP contribution in [-0.2, 0) is 11.2 Å². The molecule has 1 fully saturated rings. The highest BCUT2D eigenvalue weighted by molar-refractivity contribution is 7.10. The van der Waals surface area contributed by atoms with Gasteiger partial charge in [0.15, 0.2) is 5.78 Å². The molecule has 2 aromatic rings. The fourth-order valence-corrected chi connectivity index (χ4v) is 4.74. The molecule has 23 heavy (non-hydrogen) atoms. The van der Waals surface area contributed by atoms with Gasteiger partial charge in [-0.25, -0.2) is 0 Å². The fourth-order valence-electron chi connectivity index (χ4n) is 3.83. The predicted molar refractivity (Wildman–Crippen MR) is 93.9 cm³/mol. The lowest BCUT2D eigenvalue weighted by molar-refractivity contribution is -0.122. The van der Waals surface area contributed by atoms with Crippen molar-refractivity contribution in [2.24, 2.45) is 0 Å². The monoisotopic (exact) mass is 326 g/mol. The Morgan fingerprint density at radius 3 is 2.91 bits per heavy atom. The van der Waals surface area contributed by atoms with Crippen LogP contribution in [0.4, 0.5) is 0 Å². The van der Waals surface area contributed by atoms with Crippen molar-refractivity contribution in [2.75, 3.05) is 19.6 Å². The highest BCUT2D eigenvalue weighted by Crippen LogP contribution is 2.37. The molecule has 3 nitrogen and oxygen atoms in total. The largest absolute Gasteiger partial charge is 0.307 e. The van der Waals surface area contributed by atoms with Crippen molar-refractivity contribution in [3.05, 3.63) is 57.8 Å². The average molecular weight is 326 g/mol. The van der Waals surface area contributed by atoms with Gasteiger partial charge in [0, 0.05) is 11.4 Å². The summed E-state index contributed by atoms with van der Waals surface area (Å²) >= 11 is 1.85. The van der Waals surface area contributed by atoms with E-state index in [9.17, 15) is 4.79 Å². The average Bonchev–Trinajstić information content (AvgIpc) is 3.27. The number of hydrogen-bond acceptors (Lipinski definition) is 4. The van der Waals surface area contributed by atoms with Crippen LogP contribution in [-0.4, -0.2) is 36.4 Å². The number of carbonyl (C=O) groups excluding carboxylic acids is 1. The smallest absolute Gasteiger partial charge is 0.163 e. The molecule has 0 aliphatic carbocycles. The number of rotatable bonds is 4. The molecule has 2 aliphatic heterocycles. The first-order valence-electron chi connectivity index (χ1n) is 8.44. The number of hydrogen-bond donors (Lipinski definition) is 1. The molecule has 1 aromatic heterocycles. The molecule has 0 bridgehead atoms. The molecule has 4 rings (SSSR count). The number of ketones is 1. The van der Waals surface area contributed by atoms with E-state index in [2.05, 4.69) is 52.0 Å². The van der Waals surface area contributed by atoms with E-state index in [1.165, 1.54) is 16.0 Å². The zero-order chi connectivity index (χ0) is 15.6. The molecule has 2 aliphatic rings. The number of carbonyl (C=O) groups is 1. The molecule has 120 valence electrons. The van der Waals surface area contributed by atoms with E-state index in [1.807, 2.05) is 11.3 Å². The SMILES string of the molecule is O=C(CN1CCc2sccc2C1c1ccccc1)C1CCCN1. The maximum atomic E-state index is 12.6. The Morgan fingerprint density at radius 2 is 2.13 bits per heavy atom. The van der Waals surface area contributed by atoms with Gasteiger partial charge in [-0.1, -0.05) is 30.3 Å². The van der Waals surface area contributed by atoms with Gasteiger partial charge in [-0.05, 0) is 48.4 Å². The van der Waals surface area contributed by atoms with Crippen LogP contribution >= 0.6 is 11.3 Å². The molecule has 2 atom stereocenters. The number of benzene rings is 1. The summed E-state index contributed by atoms with van der Waals surface area (Å²) in [7, 11) is 0. The van der Waals surface area contributed by atoms with Gasteiger partial charge in [-0.15, -0.1) is 11.3 Å². The van der Waals surface area contributed by atoms with Gasteiger partial charge >= 0.3 is 0 Å². The van der Waals surface area contributed by atoms with Gasteiger partial charge in [0.05, 0.1) is 18.6 Å². The van der Waals surface area contributed by atoms with Crippen LogP contribution in [0, 0.1) is 0 Å². The summed E-state index contributed by atoms with van der Waals surface area (Å²) in [6.45, 7) is 2.49. The molecule has 0 saturated carbocycles. The van der Waals surface area contributed by atoms with Crippen molar-refractivity contribution in [3.63, 3.8) is 0 Å². The van der Waals surface area contributed by atoms with Crippen LogP contribution in [0.15, 0.2) is 41.8 Å². The van der Waals surface area contributed by atoms with Gasteiger partial charge < -0.3 is 5.32 Å². The van der Waals surface area contributed by atoms with E-state index in [4.69, 9.17) is 0 Å². The lowest BCUT2D eigenvalue weighted by Crippen LogP contribution is -2.44. The Balaban J connectivity index is 1.61. The third-order valence-corrected chi connectivity index (χ3v) is 5.99. The number of nitrogens with zero attached hydrogens (tertiary/aromatic N) is 1. The Hall–Kier alpha value is -1.49.